The third kappa shape index (κ3) is 3.41. The second kappa shape index (κ2) is 6.98. The van der Waals surface area contributed by atoms with Crippen LogP contribution in [-0.2, 0) is 16.1 Å². The van der Waals surface area contributed by atoms with Crippen molar-refractivity contribution >= 4 is 28.6 Å². The zero-order valence-electron chi connectivity index (χ0n) is 12.8. The topological polar surface area (TPSA) is 44.1 Å². The average molecular weight is 428 g/mol. The van der Waals surface area contributed by atoms with Gasteiger partial charge in [0.15, 0.2) is 0 Å². The van der Waals surface area contributed by atoms with E-state index in [0.29, 0.717) is 13.2 Å². The van der Waals surface area contributed by atoms with Crippen molar-refractivity contribution < 1.29 is 13.9 Å². The van der Waals surface area contributed by atoms with E-state index in [4.69, 9.17) is 4.74 Å². The first kappa shape index (κ1) is 16.4. The van der Waals surface area contributed by atoms with E-state index in [1.54, 1.807) is 6.33 Å². The Hall–Kier alpha value is -1.44. The maximum atomic E-state index is 12.5. The molecule has 0 bridgehead atoms. The number of carbonyl (C=O) groups is 1. The molecule has 1 saturated carbocycles. The number of aromatic nitrogens is 2. The first-order valence-corrected chi connectivity index (χ1v) is 8.77. The Morgan fingerprint density at radius 2 is 2.17 bits per heavy atom. The molecule has 1 aliphatic rings. The summed E-state index contributed by atoms with van der Waals surface area (Å²) in [6.45, 7) is 2.18. The number of imidazole rings is 1. The van der Waals surface area contributed by atoms with Gasteiger partial charge < -0.3 is 9.30 Å². The van der Waals surface area contributed by atoms with Crippen LogP contribution in [-0.4, -0.2) is 28.8 Å². The lowest BCUT2D eigenvalue weighted by molar-refractivity contribution is -0.144. The summed E-state index contributed by atoms with van der Waals surface area (Å²) in [6.07, 6.45) is 2.53. The largest absolute Gasteiger partial charge is 0.466 e. The van der Waals surface area contributed by atoms with Crippen molar-refractivity contribution in [3.63, 3.8) is 0 Å². The van der Waals surface area contributed by atoms with Gasteiger partial charge in [-0.15, -0.1) is 0 Å². The molecule has 2 aromatic rings. The molecule has 3 rings (SSSR count). The van der Waals surface area contributed by atoms with E-state index in [1.807, 2.05) is 35.8 Å². The van der Waals surface area contributed by atoms with Crippen LogP contribution in [0.2, 0.25) is 0 Å². The molecule has 2 atom stereocenters. The van der Waals surface area contributed by atoms with Crippen LogP contribution in [0, 0.1) is 9.62 Å². The van der Waals surface area contributed by atoms with Gasteiger partial charge in [-0.3, -0.25) is 4.79 Å². The number of hydrogen-bond acceptors (Lipinski definition) is 3. The molecule has 1 aliphatic carbocycles. The van der Waals surface area contributed by atoms with Crippen LogP contribution >= 0.6 is 22.6 Å². The Labute approximate surface area is 148 Å². The molecule has 0 N–H and O–H groups in total. The van der Waals surface area contributed by atoms with Crippen molar-refractivity contribution in [2.75, 3.05) is 13.3 Å². The van der Waals surface area contributed by atoms with Crippen LogP contribution in [0.15, 0.2) is 30.6 Å². The molecular formula is C17H18FIN2O2. The molecule has 4 nitrogen and oxygen atoms in total. The highest BCUT2D eigenvalue weighted by atomic mass is 127. The number of ether oxygens (including phenoxy) is 1. The highest BCUT2D eigenvalue weighted by Gasteiger charge is 2.45. The molecule has 6 heteroatoms. The Morgan fingerprint density at radius 1 is 1.43 bits per heavy atom. The molecule has 0 spiro atoms. The number of aryl methyl sites for hydroxylation is 1. The number of hydrogen-bond donors (Lipinski definition) is 0. The summed E-state index contributed by atoms with van der Waals surface area (Å²) in [7, 11) is 0. The minimum absolute atomic E-state index is 0.00435. The molecule has 1 aromatic carbocycles. The lowest BCUT2D eigenvalue weighted by Crippen LogP contribution is -2.07. The quantitative estimate of drug-likeness (QED) is 0.520. The van der Waals surface area contributed by atoms with Gasteiger partial charge >= 0.3 is 5.97 Å². The lowest BCUT2D eigenvalue weighted by Gasteiger charge is -2.04. The zero-order valence-corrected chi connectivity index (χ0v) is 15.0. The van der Waals surface area contributed by atoms with Gasteiger partial charge in [-0.05, 0) is 47.4 Å². The van der Waals surface area contributed by atoms with Gasteiger partial charge in [0.2, 0.25) is 0 Å². The number of carbonyl (C=O) groups excluding carboxylic acids is 1. The van der Waals surface area contributed by atoms with E-state index in [1.165, 1.54) is 0 Å². The van der Waals surface area contributed by atoms with E-state index in [0.717, 1.165) is 26.9 Å². The van der Waals surface area contributed by atoms with E-state index in [2.05, 4.69) is 27.6 Å². The number of nitrogens with zero attached hydrogens (tertiary/aromatic N) is 2. The van der Waals surface area contributed by atoms with Crippen LogP contribution in [0.1, 0.15) is 24.8 Å². The number of rotatable bonds is 6. The summed E-state index contributed by atoms with van der Waals surface area (Å²) >= 11 is 2.19. The summed E-state index contributed by atoms with van der Waals surface area (Å²) in [5, 5.41) is 0. The Bertz CT molecular complexity index is 699. The number of esters is 1. The van der Waals surface area contributed by atoms with Gasteiger partial charge in [0.05, 0.1) is 25.4 Å². The Morgan fingerprint density at radius 3 is 2.83 bits per heavy atom. The first-order chi connectivity index (χ1) is 11.2. The van der Waals surface area contributed by atoms with E-state index in [9.17, 15) is 9.18 Å². The first-order valence-electron chi connectivity index (χ1n) is 7.69. The molecule has 0 saturated heterocycles. The fourth-order valence-corrected chi connectivity index (χ4v) is 3.59. The zero-order chi connectivity index (χ0) is 16.4. The second-order valence-corrected chi connectivity index (χ2v) is 6.61. The average Bonchev–Trinajstić information content (AvgIpc) is 3.28. The predicted octanol–water partition coefficient (Wildman–Crippen LogP) is 3.79. The Balaban J connectivity index is 1.72. The third-order valence-corrected chi connectivity index (χ3v) is 5.22. The normalized spacial score (nSPS) is 19.6. The minimum atomic E-state index is -0.401. The maximum Gasteiger partial charge on any atom is 0.309 e. The van der Waals surface area contributed by atoms with Gasteiger partial charge in [-0.25, -0.2) is 9.37 Å². The van der Waals surface area contributed by atoms with Crippen LogP contribution in [0.5, 0.6) is 0 Å². The van der Waals surface area contributed by atoms with Gasteiger partial charge in [-0.2, -0.15) is 0 Å². The van der Waals surface area contributed by atoms with Crippen molar-refractivity contribution in [1.82, 2.24) is 9.55 Å². The van der Waals surface area contributed by atoms with Crippen molar-refractivity contribution in [3.8, 4) is 11.3 Å². The molecule has 1 aromatic heterocycles. The number of benzene rings is 1. The predicted molar refractivity (Wildman–Crippen MR) is 93.8 cm³/mol. The molecular weight excluding hydrogens is 410 g/mol. The monoisotopic (exact) mass is 428 g/mol. The molecule has 0 radical (unpaired) electrons. The van der Waals surface area contributed by atoms with Crippen molar-refractivity contribution in [3.05, 3.63) is 39.9 Å². The van der Waals surface area contributed by atoms with E-state index >= 15 is 0 Å². The van der Waals surface area contributed by atoms with Crippen LogP contribution in [0.25, 0.3) is 11.3 Å². The fraction of sp³-hybridized carbons (Fsp3) is 0.412. The molecule has 1 heterocycles. The smallest absolute Gasteiger partial charge is 0.309 e. The summed E-state index contributed by atoms with van der Waals surface area (Å²) in [6, 6.07) is 8.12. The van der Waals surface area contributed by atoms with Gasteiger partial charge in [-0.1, -0.05) is 24.3 Å². The Kier molecular flexibility index (Phi) is 4.99. The van der Waals surface area contributed by atoms with Gasteiger partial charge in [0.25, 0.3) is 0 Å². The van der Waals surface area contributed by atoms with Crippen molar-refractivity contribution in [1.29, 1.82) is 0 Å². The summed E-state index contributed by atoms with van der Waals surface area (Å²) < 4.78 is 20.3. The molecule has 0 unspecified atom stereocenters. The highest BCUT2D eigenvalue weighted by Crippen LogP contribution is 2.48. The lowest BCUT2D eigenvalue weighted by atomic mass is 10.1. The minimum Gasteiger partial charge on any atom is -0.466 e. The highest BCUT2D eigenvalue weighted by molar-refractivity contribution is 14.1. The molecule has 23 heavy (non-hydrogen) atoms. The molecule has 0 aliphatic heterocycles. The van der Waals surface area contributed by atoms with E-state index in [-0.39, 0.29) is 17.8 Å². The standard InChI is InChI=1S/C17H18FIN2O2/c1-2-23-17(22)14-9-13(14)11-3-5-12(6-4-11)15-16(19)21(8-7-18)10-20-15/h3-6,10,13-14H,2,7-9H2,1H3/t13-,14+/m1/s1. The van der Waals surface area contributed by atoms with Crippen LogP contribution in [0.3, 0.4) is 0 Å². The van der Waals surface area contributed by atoms with Crippen LogP contribution in [0.4, 0.5) is 4.39 Å². The fourth-order valence-electron chi connectivity index (χ4n) is 2.77. The van der Waals surface area contributed by atoms with Gasteiger partial charge in [0.1, 0.15) is 16.1 Å². The summed E-state index contributed by atoms with van der Waals surface area (Å²) in [4.78, 5) is 16.1. The number of alkyl halides is 1. The van der Waals surface area contributed by atoms with E-state index < -0.39 is 6.67 Å². The number of halogens is 2. The van der Waals surface area contributed by atoms with Crippen molar-refractivity contribution in [2.45, 2.75) is 25.8 Å². The summed E-state index contributed by atoms with van der Waals surface area (Å²) in [5.41, 5.74) is 3.03. The second-order valence-electron chi connectivity index (χ2n) is 5.59. The van der Waals surface area contributed by atoms with Crippen molar-refractivity contribution in [2.24, 2.45) is 5.92 Å². The third-order valence-electron chi connectivity index (χ3n) is 4.09. The SMILES string of the molecule is CCOC(=O)[C@H]1C[C@@H]1c1ccc(-c2ncn(CCF)c2I)cc1. The maximum absolute atomic E-state index is 12.5. The summed E-state index contributed by atoms with van der Waals surface area (Å²) in [5.74, 6) is 0.178. The van der Waals surface area contributed by atoms with Crippen LogP contribution < -0.4 is 0 Å². The molecule has 122 valence electrons. The molecule has 0 amide bonds. The molecule has 1 fully saturated rings. The van der Waals surface area contributed by atoms with Gasteiger partial charge in [0, 0.05) is 5.56 Å².